The van der Waals surface area contributed by atoms with E-state index in [1.165, 1.54) is 18.2 Å². The molecule has 0 bridgehead atoms. The first-order valence-corrected chi connectivity index (χ1v) is 29.3. The normalized spacial score (nSPS) is 11.6. The predicted octanol–water partition coefficient (Wildman–Crippen LogP) is 10.1. The molecular weight excluding hydrogens is 1300 g/mol. The Balaban J connectivity index is 0.000000275. The molecule has 15 N–H and O–H groups in total. The van der Waals surface area contributed by atoms with Crippen LogP contribution in [0.25, 0.3) is 0 Å². The Kier molecular flexibility index (Phi) is 29.6. The van der Waals surface area contributed by atoms with Gasteiger partial charge in [0, 0.05) is 41.0 Å². The Bertz CT molecular complexity index is 3770. The minimum atomic E-state index is -2.35. The Labute approximate surface area is 551 Å². The van der Waals surface area contributed by atoms with Crippen molar-refractivity contribution in [3.05, 3.63) is 205 Å². The van der Waals surface area contributed by atoms with Gasteiger partial charge >= 0.3 is 17.9 Å². The highest BCUT2D eigenvalue weighted by molar-refractivity contribution is 6.33. The number of carbonyl (C=O) groups excluding carboxylic acids is 5. The van der Waals surface area contributed by atoms with Crippen LogP contribution in [0.2, 0.25) is 15.1 Å². The van der Waals surface area contributed by atoms with Crippen LogP contribution in [0.15, 0.2) is 127 Å². The van der Waals surface area contributed by atoms with Crippen LogP contribution in [-0.2, 0) is 38.4 Å². The fraction of sp³-hybridized carbons (Fsp3) is 0.246. The number of carbonyl (C=O) groups is 7. The molecular formula is C65H68Cl3F5N8O13. The fourth-order valence-corrected chi connectivity index (χ4v) is 8.43. The number of nitrogens with two attached hydrogens (primary N) is 5. The van der Waals surface area contributed by atoms with Crippen LogP contribution >= 0.6 is 34.8 Å². The number of carboxylic acids is 2. The summed E-state index contributed by atoms with van der Waals surface area (Å²) in [6.07, 6.45) is 0.338. The van der Waals surface area contributed by atoms with Gasteiger partial charge in [0.1, 0.15) is 35.4 Å². The number of benzene rings is 7. The molecule has 0 spiro atoms. The molecule has 7 rings (SSSR count). The highest BCUT2D eigenvalue weighted by Gasteiger charge is 2.30. The van der Waals surface area contributed by atoms with Crippen molar-refractivity contribution in [2.75, 3.05) is 23.7 Å². The molecule has 3 atom stereocenters. The summed E-state index contributed by atoms with van der Waals surface area (Å²) in [5.41, 5.74) is 31.7. The third-order valence-electron chi connectivity index (χ3n) is 12.3. The lowest BCUT2D eigenvalue weighted by Gasteiger charge is -2.19. The quantitative estimate of drug-likeness (QED) is 0.00711. The van der Waals surface area contributed by atoms with Gasteiger partial charge in [0.05, 0.1) is 45.5 Å². The summed E-state index contributed by atoms with van der Waals surface area (Å²) in [4.78, 5) is 82.5. The monoisotopic (exact) mass is 1370 g/mol. The van der Waals surface area contributed by atoms with Crippen LogP contribution < -0.4 is 63.6 Å². The molecule has 7 aromatic rings. The molecule has 2 unspecified atom stereocenters. The summed E-state index contributed by atoms with van der Waals surface area (Å²) in [7, 11) is 0. The highest BCUT2D eigenvalue weighted by Crippen LogP contribution is 2.32. The maximum atomic E-state index is 13.5. The molecule has 94 heavy (non-hydrogen) atoms. The predicted molar refractivity (Wildman–Crippen MR) is 344 cm³/mol. The fourth-order valence-electron chi connectivity index (χ4n) is 7.75. The van der Waals surface area contributed by atoms with Crippen molar-refractivity contribution in [2.45, 2.75) is 97.2 Å². The number of esters is 1. The van der Waals surface area contributed by atoms with E-state index >= 15 is 0 Å². The zero-order valence-electron chi connectivity index (χ0n) is 51.2. The highest BCUT2D eigenvalue weighted by atomic mass is 35.5. The van der Waals surface area contributed by atoms with Gasteiger partial charge in [-0.25, -0.2) is 22.8 Å². The lowest BCUT2D eigenvalue weighted by Crippen LogP contribution is -2.49. The van der Waals surface area contributed by atoms with Crippen LogP contribution in [0.3, 0.4) is 0 Å². The van der Waals surface area contributed by atoms with Crippen molar-refractivity contribution in [3.63, 3.8) is 0 Å². The smallest absolute Gasteiger partial charge is 0.343 e. The van der Waals surface area contributed by atoms with E-state index in [0.717, 1.165) is 28.8 Å². The molecule has 0 saturated heterocycles. The second kappa shape index (κ2) is 36.4. The minimum Gasteiger partial charge on any atom is -0.489 e. The molecule has 502 valence electrons. The van der Waals surface area contributed by atoms with Crippen molar-refractivity contribution in [1.82, 2.24) is 16.0 Å². The maximum Gasteiger partial charge on any atom is 0.343 e. The molecule has 0 aliphatic carbocycles. The average Bonchev–Trinajstić information content (AvgIpc) is 0.807. The molecule has 0 heterocycles. The van der Waals surface area contributed by atoms with Gasteiger partial charge in [-0.15, -0.1) is 0 Å². The van der Waals surface area contributed by atoms with Crippen molar-refractivity contribution in [1.29, 1.82) is 0 Å². The number of primary amides is 1. The van der Waals surface area contributed by atoms with E-state index in [1.807, 2.05) is 27.7 Å². The molecule has 0 aliphatic rings. The standard InChI is InChI=1S/C21H25ClN4O4.C19H21ClN2O4.C16H10ClF5O3.C9H12N2O2/c1-12(2)30-18-8-5-14(10-16(18)22)20(28)26-17(21(29)25-11-19(24)27)9-13-3-6-15(23)7-4-13;1-11(2)26-17-8-5-13(10-15(17)20)18(23)22-16(19(24)25)9-12-3-6-14(21)7-4-12;1-6(2)24-9-4-3-7(5-8(9)17)16(23)25-15-13(21)11(19)10(18)12(20)14(15)22;10-7-3-1-6(2-4-7)5-8(11)9(12)13/h3-8,10,12,17H,9,11,23H2,1-2H3,(H2,24,27)(H,25,29)(H,26,28);3-8,10-11,16H,9,21H2,1-2H3,(H,22,23)(H,24,25);3-6H,1-2H3;1-4,8H,5,10-11H2,(H,12,13)/t;;;8-/m...0/s1. The van der Waals surface area contributed by atoms with E-state index in [1.54, 1.807) is 111 Å². The first-order valence-electron chi connectivity index (χ1n) is 28.2. The Morgan fingerprint density at radius 2 is 0.798 bits per heavy atom. The number of carboxylic acid groups (broad SMARTS) is 2. The van der Waals surface area contributed by atoms with Gasteiger partial charge in [0.25, 0.3) is 11.8 Å². The Morgan fingerprint density at radius 3 is 1.14 bits per heavy atom. The molecule has 7 aromatic carbocycles. The molecule has 0 aromatic heterocycles. The number of hydrogen-bond donors (Lipinski definition) is 10. The number of halogens is 8. The van der Waals surface area contributed by atoms with Gasteiger partial charge in [-0.1, -0.05) is 71.2 Å². The number of rotatable bonds is 23. The van der Waals surface area contributed by atoms with Gasteiger partial charge in [-0.3, -0.25) is 24.0 Å². The van der Waals surface area contributed by atoms with Gasteiger partial charge in [-0.2, -0.15) is 8.78 Å². The van der Waals surface area contributed by atoms with Crippen LogP contribution in [0.4, 0.5) is 39.0 Å². The Hall–Kier alpha value is -9.89. The van der Waals surface area contributed by atoms with E-state index in [9.17, 15) is 60.6 Å². The van der Waals surface area contributed by atoms with Crippen molar-refractivity contribution < 1.29 is 84.7 Å². The molecule has 21 nitrogen and oxygen atoms in total. The summed E-state index contributed by atoms with van der Waals surface area (Å²) in [6.45, 7) is 10.6. The molecule has 0 saturated carbocycles. The van der Waals surface area contributed by atoms with Gasteiger partial charge in [0.2, 0.25) is 46.6 Å². The van der Waals surface area contributed by atoms with Crippen molar-refractivity contribution >= 4 is 93.4 Å². The average molecular weight is 1370 g/mol. The van der Waals surface area contributed by atoms with Crippen LogP contribution in [0.5, 0.6) is 23.0 Å². The molecule has 0 radical (unpaired) electrons. The third-order valence-corrected chi connectivity index (χ3v) is 13.1. The number of amides is 4. The largest absolute Gasteiger partial charge is 0.489 e. The zero-order chi connectivity index (χ0) is 70.3. The summed E-state index contributed by atoms with van der Waals surface area (Å²) in [5.74, 6) is -17.5. The van der Waals surface area contributed by atoms with Crippen LogP contribution in [0, 0.1) is 29.1 Å². The van der Waals surface area contributed by atoms with E-state index in [0.29, 0.717) is 35.0 Å². The SMILES string of the molecule is CC(C)Oc1ccc(C(=O)NC(Cc2ccc(N)cc2)C(=O)NCC(N)=O)cc1Cl.CC(C)Oc1ccc(C(=O)NC(Cc2ccc(N)cc2)C(=O)O)cc1Cl.CC(C)Oc1ccc(C(=O)Oc2c(F)c(F)c(F)c(F)c2F)cc1Cl.Nc1ccc(C[C@H](N)C(=O)O)cc1. The van der Waals surface area contributed by atoms with Gasteiger partial charge < -0.3 is 73.8 Å². The van der Waals surface area contributed by atoms with Gasteiger partial charge in [0.15, 0.2) is 0 Å². The maximum absolute atomic E-state index is 13.5. The molecule has 29 heteroatoms. The minimum absolute atomic E-state index is 0.000520. The zero-order valence-corrected chi connectivity index (χ0v) is 53.5. The molecule has 0 aliphatic heterocycles. The van der Waals surface area contributed by atoms with Crippen molar-refractivity contribution in [2.24, 2.45) is 11.5 Å². The summed E-state index contributed by atoms with van der Waals surface area (Å²) in [6, 6.07) is 30.6. The third kappa shape index (κ3) is 24.6. The van der Waals surface area contributed by atoms with E-state index in [4.69, 9.17) is 82.8 Å². The first-order chi connectivity index (χ1) is 44.1. The van der Waals surface area contributed by atoms with Gasteiger partial charge in [-0.05, 0) is 156 Å². The molecule has 0 fully saturated rings. The number of nitrogens with one attached hydrogen (secondary N) is 3. The summed E-state index contributed by atoms with van der Waals surface area (Å²) in [5, 5.41) is 26.1. The summed E-state index contributed by atoms with van der Waals surface area (Å²) >= 11 is 18.2. The van der Waals surface area contributed by atoms with E-state index < -0.39 is 94.5 Å². The number of hydrogen-bond acceptors (Lipinski definition) is 15. The Morgan fingerprint density at radius 1 is 0.468 bits per heavy atom. The lowest BCUT2D eigenvalue weighted by atomic mass is 10.0. The van der Waals surface area contributed by atoms with Crippen molar-refractivity contribution in [3.8, 4) is 23.0 Å². The molecule has 4 amide bonds. The van der Waals surface area contributed by atoms with E-state index in [-0.39, 0.29) is 75.2 Å². The first kappa shape index (κ1) is 76.6. The number of anilines is 3. The topological polar surface area (TPSA) is 363 Å². The van der Waals surface area contributed by atoms with E-state index in [2.05, 4.69) is 20.7 Å². The second-order valence-electron chi connectivity index (χ2n) is 21.1. The summed E-state index contributed by atoms with van der Waals surface area (Å²) < 4.78 is 86.9. The number of ether oxygens (including phenoxy) is 4. The lowest BCUT2D eigenvalue weighted by molar-refractivity contribution is -0.139. The van der Waals surface area contributed by atoms with Crippen LogP contribution in [-0.4, -0.2) is 94.7 Å². The van der Waals surface area contributed by atoms with Crippen LogP contribution in [0.1, 0.15) is 89.3 Å². The number of aliphatic carboxylic acids is 2. The second-order valence-corrected chi connectivity index (χ2v) is 22.3. The number of nitrogen functional groups attached to an aromatic ring is 3.